The fraction of sp³-hybridized carbons (Fsp3) is 0.519. The summed E-state index contributed by atoms with van der Waals surface area (Å²) in [5, 5.41) is 4.93. The average Bonchev–Trinajstić information content (AvgIpc) is 3.35. The lowest BCUT2D eigenvalue weighted by molar-refractivity contribution is -0.126. The van der Waals surface area contributed by atoms with Gasteiger partial charge < -0.3 is 10.1 Å². The van der Waals surface area contributed by atoms with E-state index in [0.717, 1.165) is 50.0 Å². The molecule has 0 spiro atoms. The molecule has 0 atom stereocenters. The molecular formula is C27H35N3O4S. The second-order valence-corrected chi connectivity index (χ2v) is 10.9. The van der Waals surface area contributed by atoms with Crippen molar-refractivity contribution in [3.05, 3.63) is 62.1 Å². The van der Waals surface area contributed by atoms with Crippen molar-refractivity contribution in [2.45, 2.75) is 59.0 Å². The van der Waals surface area contributed by atoms with Gasteiger partial charge in [-0.05, 0) is 73.1 Å². The van der Waals surface area contributed by atoms with E-state index in [9.17, 15) is 14.4 Å². The summed E-state index contributed by atoms with van der Waals surface area (Å²) in [4.78, 5) is 39.2. The van der Waals surface area contributed by atoms with Crippen LogP contribution >= 0.6 is 11.3 Å². The Balaban J connectivity index is 1.50. The molecule has 1 aliphatic rings. The van der Waals surface area contributed by atoms with E-state index in [4.69, 9.17) is 4.74 Å². The van der Waals surface area contributed by atoms with E-state index in [1.165, 1.54) is 15.9 Å². The van der Waals surface area contributed by atoms with Crippen LogP contribution in [0.25, 0.3) is 10.2 Å². The van der Waals surface area contributed by atoms with Gasteiger partial charge in [-0.2, -0.15) is 0 Å². The minimum Gasteiger partial charge on any atom is -0.497 e. The highest BCUT2D eigenvalue weighted by Gasteiger charge is 2.27. The van der Waals surface area contributed by atoms with Crippen LogP contribution in [0.5, 0.6) is 5.75 Å². The first kappa shape index (κ1) is 25.2. The van der Waals surface area contributed by atoms with Crippen molar-refractivity contribution < 1.29 is 9.53 Å². The Labute approximate surface area is 209 Å². The SMILES string of the molecule is COc1cccc(Cn2c(=O)n(CC3CCC(C(=O)NCCC(C)C)CC3)c(=O)c3sccc32)c1. The van der Waals surface area contributed by atoms with Crippen molar-refractivity contribution >= 4 is 27.5 Å². The number of fused-ring (bicyclic) bond motifs is 1. The van der Waals surface area contributed by atoms with Crippen molar-refractivity contribution in [2.24, 2.45) is 17.8 Å². The highest BCUT2D eigenvalue weighted by atomic mass is 32.1. The van der Waals surface area contributed by atoms with E-state index in [1.54, 1.807) is 11.7 Å². The van der Waals surface area contributed by atoms with Gasteiger partial charge in [-0.25, -0.2) is 4.79 Å². The van der Waals surface area contributed by atoms with Crippen LogP contribution in [0, 0.1) is 17.8 Å². The highest BCUT2D eigenvalue weighted by molar-refractivity contribution is 7.17. The van der Waals surface area contributed by atoms with Crippen molar-refractivity contribution in [3.63, 3.8) is 0 Å². The Morgan fingerprint density at radius 1 is 1.14 bits per heavy atom. The van der Waals surface area contributed by atoms with Crippen LogP contribution in [-0.2, 0) is 17.9 Å². The monoisotopic (exact) mass is 497 g/mol. The number of rotatable bonds is 9. The minimum absolute atomic E-state index is 0.0274. The Morgan fingerprint density at radius 2 is 1.91 bits per heavy atom. The predicted molar refractivity (Wildman–Crippen MR) is 140 cm³/mol. The standard InChI is InChI=1S/C27H35N3O4S/c1-18(2)11-13-28-25(31)21-9-7-19(8-10-21)16-30-26(32)24-23(12-14-35-24)29(27(30)33)17-20-5-4-6-22(15-20)34-3/h4-6,12,14-15,18-19,21H,7-11,13,16-17H2,1-3H3,(H,28,31). The number of nitrogens with one attached hydrogen (secondary N) is 1. The third-order valence-corrected chi connectivity index (χ3v) is 7.88. The number of carbonyl (C=O) groups is 1. The lowest BCUT2D eigenvalue weighted by Gasteiger charge is -2.28. The summed E-state index contributed by atoms with van der Waals surface area (Å²) >= 11 is 1.37. The molecule has 0 bridgehead atoms. The molecule has 1 aromatic carbocycles. The number of hydrogen-bond donors (Lipinski definition) is 1. The van der Waals surface area contributed by atoms with Gasteiger partial charge in [0.05, 0.1) is 19.2 Å². The van der Waals surface area contributed by atoms with Gasteiger partial charge in [-0.15, -0.1) is 11.3 Å². The van der Waals surface area contributed by atoms with Gasteiger partial charge >= 0.3 is 5.69 Å². The number of nitrogens with zero attached hydrogens (tertiary/aromatic N) is 2. The van der Waals surface area contributed by atoms with Gasteiger partial charge in [0.25, 0.3) is 5.56 Å². The van der Waals surface area contributed by atoms with Crippen molar-refractivity contribution in [3.8, 4) is 5.75 Å². The highest BCUT2D eigenvalue weighted by Crippen LogP contribution is 2.30. The van der Waals surface area contributed by atoms with Crippen molar-refractivity contribution in [1.29, 1.82) is 0 Å². The molecule has 1 N–H and O–H groups in total. The van der Waals surface area contributed by atoms with Gasteiger partial charge in [0.1, 0.15) is 10.4 Å². The molecule has 4 rings (SSSR count). The molecule has 0 aliphatic heterocycles. The minimum atomic E-state index is -0.280. The maximum Gasteiger partial charge on any atom is 0.331 e. The van der Waals surface area contributed by atoms with Crippen LogP contribution < -0.4 is 21.3 Å². The number of ether oxygens (including phenoxy) is 1. The van der Waals surface area contributed by atoms with Crippen LogP contribution in [0.15, 0.2) is 45.3 Å². The average molecular weight is 498 g/mol. The van der Waals surface area contributed by atoms with Crippen LogP contribution in [-0.4, -0.2) is 28.7 Å². The first-order valence-corrected chi connectivity index (χ1v) is 13.4. The van der Waals surface area contributed by atoms with E-state index in [1.807, 2.05) is 35.7 Å². The Kier molecular flexibility index (Phi) is 8.11. The maximum absolute atomic E-state index is 13.5. The van der Waals surface area contributed by atoms with Gasteiger partial charge in [-0.1, -0.05) is 26.0 Å². The largest absolute Gasteiger partial charge is 0.497 e. The Hall–Kier alpha value is -2.87. The zero-order valence-corrected chi connectivity index (χ0v) is 21.6. The van der Waals surface area contributed by atoms with Crippen molar-refractivity contribution in [2.75, 3.05) is 13.7 Å². The van der Waals surface area contributed by atoms with Gasteiger partial charge in [0, 0.05) is 19.0 Å². The van der Waals surface area contributed by atoms with Gasteiger partial charge in [0.2, 0.25) is 5.91 Å². The normalized spacial score (nSPS) is 18.2. The Morgan fingerprint density at radius 3 is 2.63 bits per heavy atom. The van der Waals surface area contributed by atoms with Gasteiger partial charge in [0.15, 0.2) is 0 Å². The second kappa shape index (κ2) is 11.2. The van der Waals surface area contributed by atoms with Gasteiger partial charge in [-0.3, -0.25) is 18.7 Å². The first-order valence-electron chi connectivity index (χ1n) is 12.5. The van der Waals surface area contributed by atoms with E-state index in [2.05, 4.69) is 19.2 Å². The van der Waals surface area contributed by atoms with Crippen LogP contribution in [0.4, 0.5) is 0 Å². The molecule has 2 heterocycles. The molecule has 0 unspecified atom stereocenters. The molecule has 1 aliphatic carbocycles. The van der Waals surface area contributed by atoms with Crippen LogP contribution in [0.1, 0.15) is 51.5 Å². The summed E-state index contributed by atoms with van der Waals surface area (Å²) < 4.78 is 9.03. The quantitative estimate of drug-likeness (QED) is 0.479. The zero-order valence-electron chi connectivity index (χ0n) is 20.8. The molecule has 3 aromatic rings. The third kappa shape index (κ3) is 5.86. The Bertz CT molecular complexity index is 1280. The maximum atomic E-state index is 13.5. The number of benzene rings is 1. The molecule has 1 fully saturated rings. The summed E-state index contributed by atoms with van der Waals surface area (Å²) in [6.45, 7) is 5.78. The second-order valence-electron chi connectivity index (χ2n) is 9.96. The molecule has 0 radical (unpaired) electrons. The fourth-order valence-corrected chi connectivity index (χ4v) is 5.74. The van der Waals surface area contributed by atoms with E-state index in [0.29, 0.717) is 29.2 Å². The fourth-order valence-electron chi connectivity index (χ4n) is 4.89. The molecular weight excluding hydrogens is 462 g/mol. The summed E-state index contributed by atoms with van der Waals surface area (Å²) in [5.74, 6) is 1.68. The van der Waals surface area contributed by atoms with Crippen molar-refractivity contribution in [1.82, 2.24) is 14.5 Å². The predicted octanol–water partition coefficient (Wildman–Crippen LogP) is 4.25. The van der Waals surface area contributed by atoms with E-state index >= 15 is 0 Å². The van der Waals surface area contributed by atoms with E-state index < -0.39 is 0 Å². The summed E-state index contributed by atoms with van der Waals surface area (Å²) in [7, 11) is 1.62. The lowest BCUT2D eigenvalue weighted by Crippen LogP contribution is -2.42. The lowest BCUT2D eigenvalue weighted by atomic mass is 9.81. The third-order valence-electron chi connectivity index (χ3n) is 6.99. The van der Waals surface area contributed by atoms with Crippen LogP contribution in [0.3, 0.4) is 0 Å². The molecule has 7 nitrogen and oxygen atoms in total. The topological polar surface area (TPSA) is 82.3 Å². The number of hydrogen-bond acceptors (Lipinski definition) is 5. The molecule has 188 valence electrons. The number of carbonyl (C=O) groups excluding carboxylic acids is 1. The molecule has 2 aromatic heterocycles. The summed E-state index contributed by atoms with van der Waals surface area (Å²) in [6, 6.07) is 9.48. The number of methoxy groups -OCH3 is 1. The van der Waals surface area contributed by atoms with E-state index in [-0.39, 0.29) is 29.0 Å². The number of aromatic nitrogens is 2. The summed E-state index contributed by atoms with van der Waals surface area (Å²) in [6.07, 6.45) is 4.26. The summed E-state index contributed by atoms with van der Waals surface area (Å²) in [5.41, 5.74) is 1.12. The molecule has 0 saturated heterocycles. The molecule has 1 saturated carbocycles. The number of amides is 1. The zero-order chi connectivity index (χ0) is 24.9. The first-order chi connectivity index (χ1) is 16.9. The van der Waals surface area contributed by atoms with Crippen LogP contribution in [0.2, 0.25) is 0 Å². The number of thiophene rings is 1. The smallest absolute Gasteiger partial charge is 0.331 e. The molecule has 35 heavy (non-hydrogen) atoms. The molecule has 8 heteroatoms. The molecule has 1 amide bonds.